The van der Waals surface area contributed by atoms with Gasteiger partial charge in [-0.25, -0.2) is 4.79 Å². The van der Waals surface area contributed by atoms with Gasteiger partial charge in [-0.15, -0.1) is 11.8 Å². The molecule has 0 amide bonds. The molecule has 0 saturated carbocycles. The van der Waals surface area contributed by atoms with Crippen molar-refractivity contribution in [3.8, 4) is 0 Å². The van der Waals surface area contributed by atoms with Crippen molar-refractivity contribution in [2.24, 2.45) is 0 Å². The lowest BCUT2D eigenvalue weighted by Gasteiger charge is -2.29. The molecule has 0 saturated heterocycles. The maximum absolute atomic E-state index is 12.5. The molecule has 0 N–H and O–H groups in total. The Kier molecular flexibility index (Phi) is 4.28. The smallest absolute Gasteiger partial charge is 0.339 e. The first kappa shape index (κ1) is 16.2. The van der Waals surface area contributed by atoms with E-state index in [4.69, 9.17) is 16.3 Å². The zero-order chi connectivity index (χ0) is 17.3. The molecule has 3 aromatic carbocycles. The second-order valence-corrected chi connectivity index (χ2v) is 7.36. The van der Waals surface area contributed by atoms with Gasteiger partial charge in [-0.1, -0.05) is 60.1 Å². The highest BCUT2D eigenvalue weighted by Gasteiger charge is 2.46. The van der Waals surface area contributed by atoms with Crippen molar-refractivity contribution in [2.75, 3.05) is 5.75 Å². The Labute approximate surface area is 155 Å². The summed E-state index contributed by atoms with van der Waals surface area (Å²) in [5.74, 6) is 0.320. The number of carbonyl (C=O) groups is 1. The summed E-state index contributed by atoms with van der Waals surface area (Å²) >= 11 is 7.72. The van der Waals surface area contributed by atoms with E-state index < -0.39 is 5.60 Å². The average Bonchev–Trinajstić information content (AvgIpc) is 2.95. The molecule has 1 aliphatic rings. The normalized spacial score (nSPS) is 18.7. The van der Waals surface area contributed by atoms with Crippen molar-refractivity contribution in [2.45, 2.75) is 10.5 Å². The molecule has 1 unspecified atom stereocenters. The first-order chi connectivity index (χ1) is 12.2. The monoisotopic (exact) mass is 366 g/mol. The molecule has 25 heavy (non-hydrogen) atoms. The van der Waals surface area contributed by atoms with Crippen LogP contribution in [0, 0.1) is 0 Å². The summed E-state index contributed by atoms with van der Waals surface area (Å²) < 4.78 is 5.96. The maximum atomic E-state index is 12.5. The van der Waals surface area contributed by atoms with Crippen LogP contribution in [0.15, 0.2) is 83.8 Å². The molecule has 0 aromatic heterocycles. The second kappa shape index (κ2) is 6.58. The van der Waals surface area contributed by atoms with E-state index in [2.05, 4.69) is 12.1 Å². The summed E-state index contributed by atoms with van der Waals surface area (Å²) in [4.78, 5) is 13.6. The van der Waals surface area contributed by atoms with Gasteiger partial charge in [0.25, 0.3) is 0 Å². The highest BCUT2D eigenvalue weighted by atomic mass is 35.5. The number of cyclic esters (lactones) is 1. The van der Waals surface area contributed by atoms with Crippen LogP contribution in [0.3, 0.4) is 0 Å². The van der Waals surface area contributed by atoms with E-state index in [1.54, 1.807) is 11.8 Å². The summed E-state index contributed by atoms with van der Waals surface area (Å²) in [6.07, 6.45) is 0. The third kappa shape index (κ3) is 2.94. The molecule has 3 aromatic rings. The van der Waals surface area contributed by atoms with Crippen molar-refractivity contribution in [3.05, 3.63) is 101 Å². The average molecular weight is 367 g/mol. The number of hydrogen-bond acceptors (Lipinski definition) is 3. The highest BCUT2D eigenvalue weighted by molar-refractivity contribution is 7.99. The summed E-state index contributed by atoms with van der Waals surface area (Å²) in [6, 6.07) is 25.3. The van der Waals surface area contributed by atoms with Crippen LogP contribution in [0.5, 0.6) is 0 Å². The van der Waals surface area contributed by atoms with E-state index in [1.165, 1.54) is 0 Å². The number of carbonyl (C=O) groups excluding carboxylic acids is 1. The molecular formula is C21H15ClO2S. The van der Waals surface area contributed by atoms with Crippen LogP contribution in [-0.2, 0) is 10.3 Å². The van der Waals surface area contributed by atoms with E-state index in [0.717, 1.165) is 16.0 Å². The van der Waals surface area contributed by atoms with Crippen molar-refractivity contribution < 1.29 is 9.53 Å². The molecule has 1 aliphatic heterocycles. The summed E-state index contributed by atoms with van der Waals surface area (Å²) in [6.45, 7) is 0. The van der Waals surface area contributed by atoms with Gasteiger partial charge in [0.2, 0.25) is 0 Å². The number of esters is 1. The summed E-state index contributed by atoms with van der Waals surface area (Å²) in [7, 11) is 0. The number of thioether (sulfide) groups is 1. The minimum Gasteiger partial charge on any atom is -0.445 e. The molecule has 1 heterocycles. The van der Waals surface area contributed by atoms with Gasteiger partial charge >= 0.3 is 5.97 Å². The quantitative estimate of drug-likeness (QED) is 0.447. The summed E-state index contributed by atoms with van der Waals surface area (Å²) in [5, 5.41) is 0.659. The van der Waals surface area contributed by atoms with Crippen LogP contribution >= 0.6 is 23.4 Å². The number of ether oxygens (including phenoxy) is 1. The Morgan fingerprint density at radius 2 is 1.56 bits per heavy atom. The molecule has 4 rings (SSSR count). The molecule has 0 radical (unpaired) electrons. The van der Waals surface area contributed by atoms with Gasteiger partial charge in [0.05, 0.1) is 5.56 Å². The summed E-state index contributed by atoms with van der Waals surface area (Å²) in [5.41, 5.74) is 1.66. The van der Waals surface area contributed by atoms with Crippen molar-refractivity contribution in [3.63, 3.8) is 0 Å². The number of rotatable bonds is 4. The molecule has 2 nitrogen and oxygen atoms in total. The third-order valence-electron chi connectivity index (χ3n) is 4.34. The number of fused-ring (bicyclic) bond motifs is 1. The standard InChI is InChI=1S/C21H15ClO2S/c22-16-12-10-15(11-13-16)21(14-25-17-6-2-1-3-7-17)19-9-5-4-8-18(19)20(23)24-21/h1-13H,14H2. The van der Waals surface area contributed by atoms with Gasteiger partial charge in [-0.05, 0) is 30.3 Å². The van der Waals surface area contributed by atoms with E-state index >= 15 is 0 Å². The van der Waals surface area contributed by atoms with Crippen LogP contribution in [0.4, 0.5) is 0 Å². The molecule has 0 fully saturated rings. The Bertz CT molecular complexity index is 909. The zero-order valence-electron chi connectivity index (χ0n) is 13.3. The van der Waals surface area contributed by atoms with Crippen LogP contribution in [0.2, 0.25) is 5.02 Å². The van der Waals surface area contributed by atoms with Gasteiger partial charge in [-0.3, -0.25) is 0 Å². The number of hydrogen-bond donors (Lipinski definition) is 0. The lowest BCUT2D eigenvalue weighted by Crippen LogP contribution is -2.30. The zero-order valence-corrected chi connectivity index (χ0v) is 14.9. The topological polar surface area (TPSA) is 26.3 Å². The molecule has 4 heteroatoms. The van der Waals surface area contributed by atoms with E-state index in [9.17, 15) is 4.79 Å². The molecule has 124 valence electrons. The predicted molar refractivity (Wildman–Crippen MR) is 101 cm³/mol. The minimum absolute atomic E-state index is 0.279. The fourth-order valence-corrected chi connectivity index (χ4v) is 4.33. The number of benzene rings is 3. The fourth-order valence-electron chi connectivity index (χ4n) is 3.11. The van der Waals surface area contributed by atoms with Gasteiger partial charge in [0.15, 0.2) is 5.60 Å². The van der Waals surface area contributed by atoms with Crippen LogP contribution in [0.25, 0.3) is 0 Å². The van der Waals surface area contributed by atoms with Gasteiger partial charge in [0.1, 0.15) is 0 Å². The lowest BCUT2D eigenvalue weighted by atomic mass is 9.87. The second-order valence-electron chi connectivity index (χ2n) is 5.87. The van der Waals surface area contributed by atoms with Crippen LogP contribution in [0.1, 0.15) is 21.5 Å². The van der Waals surface area contributed by atoms with Gasteiger partial charge in [0, 0.05) is 26.8 Å². The lowest BCUT2D eigenvalue weighted by molar-refractivity contribution is 0.0197. The molecular weight excluding hydrogens is 352 g/mol. The first-order valence-corrected chi connectivity index (χ1v) is 9.32. The van der Waals surface area contributed by atoms with Crippen LogP contribution in [-0.4, -0.2) is 11.7 Å². The Morgan fingerprint density at radius 3 is 2.32 bits per heavy atom. The van der Waals surface area contributed by atoms with Gasteiger partial charge in [-0.2, -0.15) is 0 Å². The maximum Gasteiger partial charge on any atom is 0.339 e. The van der Waals surface area contributed by atoms with E-state index in [-0.39, 0.29) is 5.97 Å². The third-order valence-corrected chi connectivity index (χ3v) is 5.75. The van der Waals surface area contributed by atoms with E-state index in [0.29, 0.717) is 16.3 Å². The highest BCUT2D eigenvalue weighted by Crippen LogP contribution is 2.45. The van der Waals surface area contributed by atoms with Crippen LogP contribution < -0.4 is 0 Å². The fraction of sp³-hybridized carbons (Fsp3) is 0.0952. The molecule has 1 atom stereocenters. The Morgan fingerprint density at radius 1 is 0.880 bits per heavy atom. The Balaban J connectivity index is 1.79. The van der Waals surface area contributed by atoms with Crippen molar-refractivity contribution >= 4 is 29.3 Å². The molecule has 0 bridgehead atoms. The van der Waals surface area contributed by atoms with Crippen molar-refractivity contribution in [1.29, 1.82) is 0 Å². The first-order valence-electron chi connectivity index (χ1n) is 7.96. The molecule has 0 aliphatic carbocycles. The SMILES string of the molecule is O=C1OC(CSc2ccccc2)(c2ccc(Cl)cc2)c2ccccc21. The van der Waals surface area contributed by atoms with E-state index in [1.807, 2.05) is 66.7 Å². The largest absolute Gasteiger partial charge is 0.445 e. The van der Waals surface area contributed by atoms with Crippen molar-refractivity contribution in [1.82, 2.24) is 0 Å². The Hall–Kier alpha value is -2.23. The predicted octanol–water partition coefficient (Wildman–Crippen LogP) is 5.55. The molecule has 0 spiro atoms. The minimum atomic E-state index is -0.807. The van der Waals surface area contributed by atoms with Gasteiger partial charge < -0.3 is 4.74 Å². The number of halogens is 1.